The predicted molar refractivity (Wildman–Crippen MR) is 71.0 cm³/mol. The maximum absolute atomic E-state index is 12.5. The molecular weight excluding hydrogens is 298 g/mol. The van der Waals surface area contributed by atoms with Gasteiger partial charge in [-0.05, 0) is 6.92 Å². The number of thiazole rings is 1. The first-order valence-electron chi connectivity index (χ1n) is 6.07. The third-order valence-electron chi connectivity index (χ3n) is 3.37. The zero-order chi connectivity index (χ0) is 15.1. The van der Waals surface area contributed by atoms with Gasteiger partial charge in [0, 0.05) is 0 Å². The maximum Gasteiger partial charge on any atom is 0.343 e. The molecule has 10 heteroatoms. The number of aliphatic carboxylic acids is 1. The molecule has 110 valence electrons. The molecule has 1 unspecified atom stereocenters. The van der Waals surface area contributed by atoms with Gasteiger partial charge >= 0.3 is 11.7 Å². The Morgan fingerprint density at radius 2 is 2.29 bits per heavy atom. The molecule has 21 heavy (non-hydrogen) atoms. The first-order valence-corrected chi connectivity index (χ1v) is 6.95. The number of hydrogen-bond donors (Lipinski definition) is 2. The molecule has 1 amide bonds. The van der Waals surface area contributed by atoms with Gasteiger partial charge in [0.1, 0.15) is 10.9 Å². The van der Waals surface area contributed by atoms with Crippen LogP contribution in [0.25, 0.3) is 0 Å². The van der Waals surface area contributed by atoms with Gasteiger partial charge in [0.25, 0.3) is 5.91 Å². The fourth-order valence-electron chi connectivity index (χ4n) is 2.26. The molecule has 9 nitrogen and oxygen atoms in total. The van der Waals surface area contributed by atoms with Gasteiger partial charge in [-0.2, -0.15) is 5.10 Å². The Morgan fingerprint density at radius 3 is 2.90 bits per heavy atom. The van der Waals surface area contributed by atoms with Crippen LogP contribution in [-0.4, -0.2) is 47.7 Å². The van der Waals surface area contributed by atoms with Crippen molar-refractivity contribution in [2.75, 3.05) is 0 Å². The molecule has 2 N–H and O–H groups in total. The summed E-state index contributed by atoms with van der Waals surface area (Å²) in [6.07, 6.45) is 0. The summed E-state index contributed by atoms with van der Waals surface area (Å²) < 4.78 is 1.24. The van der Waals surface area contributed by atoms with E-state index in [1.165, 1.54) is 15.0 Å². The van der Waals surface area contributed by atoms with Crippen molar-refractivity contribution in [1.29, 1.82) is 0 Å². The summed E-state index contributed by atoms with van der Waals surface area (Å²) in [4.78, 5) is 41.1. The van der Waals surface area contributed by atoms with Crippen molar-refractivity contribution < 1.29 is 14.7 Å². The molecule has 1 aliphatic heterocycles. The Labute approximate surface area is 121 Å². The summed E-state index contributed by atoms with van der Waals surface area (Å²) in [5.74, 6) is -1.23. The van der Waals surface area contributed by atoms with Gasteiger partial charge in [0.05, 0.1) is 24.3 Å². The van der Waals surface area contributed by atoms with Crippen LogP contribution in [0.15, 0.2) is 10.3 Å². The number of aryl methyl sites for hydroxylation is 1. The number of rotatable bonds is 2. The molecule has 3 rings (SSSR count). The van der Waals surface area contributed by atoms with Crippen LogP contribution in [0.1, 0.15) is 21.2 Å². The van der Waals surface area contributed by atoms with Crippen molar-refractivity contribution >= 4 is 23.2 Å². The minimum atomic E-state index is -1.16. The normalized spacial score (nSPS) is 17.6. The molecule has 1 aliphatic rings. The zero-order valence-electron chi connectivity index (χ0n) is 10.9. The average Bonchev–Trinajstić information content (AvgIpc) is 3.03. The lowest BCUT2D eigenvalue weighted by Gasteiger charge is -2.32. The van der Waals surface area contributed by atoms with Crippen molar-refractivity contribution in [3.05, 3.63) is 32.4 Å². The fraction of sp³-hybridized carbons (Fsp3) is 0.364. The second-order valence-corrected chi connectivity index (χ2v) is 5.46. The Kier molecular flexibility index (Phi) is 3.09. The average molecular weight is 309 g/mol. The number of amides is 1. The van der Waals surface area contributed by atoms with Crippen LogP contribution in [0.2, 0.25) is 0 Å². The van der Waals surface area contributed by atoms with Gasteiger partial charge in [-0.3, -0.25) is 9.36 Å². The molecule has 0 fully saturated rings. The van der Waals surface area contributed by atoms with Crippen molar-refractivity contribution in [1.82, 2.24) is 24.6 Å². The van der Waals surface area contributed by atoms with Gasteiger partial charge in [-0.25, -0.2) is 19.7 Å². The quantitative estimate of drug-likeness (QED) is 0.767. The number of nitrogens with one attached hydrogen (secondary N) is 1. The molecule has 0 spiro atoms. The second-order valence-electron chi connectivity index (χ2n) is 4.61. The van der Waals surface area contributed by atoms with E-state index in [-0.39, 0.29) is 13.1 Å². The number of fused-ring (bicyclic) bond motifs is 1. The highest BCUT2D eigenvalue weighted by atomic mass is 32.1. The first-order chi connectivity index (χ1) is 9.99. The minimum Gasteiger partial charge on any atom is -0.480 e. The lowest BCUT2D eigenvalue weighted by molar-refractivity contribution is -0.143. The highest BCUT2D eigenvalue weighted by Gasteiger charge is 2.37. The predicted octanol–water partition coefficient (Wildman–Crippen LogP) is -0.554. The fourth-order valence-corrected chi connectivity index (χ4v) is 3.01. The Bertz CT molecular complexity index is 776. The third-order valence-corrected chi connectivity index (χ3v) is 4.28. The SMILES string of the molecule is Cc1ncsc1C(=O)N1Cc2n[nH]c(=O)n2CC1C(=O)O. The first kappa shape index (κ1) is 13.5. The number of nitrogens with zero attached hydrogens (tertiary/aromatic N) is 4. The van der Waals surface area contributed by atoms with E-state index >= 15 is 0 Å². The zero-order valence-corrected chi connectivity index (χ0v) is 11.8. The Morgan fingerprint density at radius 1 is 1.52 bits per heavy atom. The highest BCUT2D eigenvalue weighted by Crippen LogP contribution is 2.21. The number of carboxylic acids is 1. The van der Waals surface area contributed by atoms with E-state index in [2.05, 4.69) is 15.2 Å². The number of carbonyl (C=O) groups excluding carboxylic acids is 1. The lowest BCUT2D eigenvalue weighted by atomic mass is 10.1. The topological polar surface area (TPSA) is 121 Å². The Balaban J connectivity index is 2.00. The molecule has 0 bridgehead atoms. The Hall–Kier alpha value is -2.49. The van der Waals surface area contributed by atoms with E-state index in [1.54, 1.807) is 6.92 Å². The molecule has 1 atom stereocenters. The van der Waals surface area contributed by atoms with Crippen molar-refractivity contribution in [2.24, 2.45) is 0 Å². The van der Waals surface area contributed by atoms with Gasteiger partial charge in [-0.15, -0.1) is 11.3 Å². The van der Waals surface area contributed by atoms with Crippen LogP contribution in [0.3, 0.4) is 0 Å². The van der Waals surface area contributed by atoms with E-state index in [4.69, 9.17) is 0 Å². The number of H-pyrrole nitrogens is 1. The monoisotopic (exact) mass is 309 g/mol. The highest BCUT2D eigenvalue weighted by molar-refractivity contribution is 7.11. The molecular formula is C11H11N5O4S. The smallest absolute Gasteiger partial charge is 0.343 e. The maximum atomic E-state index is 12.5. The van der Waals surface area contributed by atoms with Crippen LogP contribution in [-0.2, 0) is 17.9 Å². The van der Waals surface area contributed by atoms with Gasteiger partial charge in [0.2, 0.25) is 0 Å². The second kappa shape index (κ2) is 4.81. The van der Waals surface area contributed by atoms with Gasteiger partial charge in [-0.1, -0.05) is 0 Å². The third kappa shape index (κ3) is 2.13. The largest absolute Gasteiger partial charge is 0.480 e. The van der Waals surface area contributed by atoms with Crippen LogP contribution >= 0.6 is 11.3 Å². The van der Waals surface area contributed by atoms with E-state index < -0.39 is 23.6 Å². The van der Waals surface area contributed by atoms with Crippen molar-refractivity contribution in [3.8, 4) is 0 Å². The minimum absolute atomic E-state index is 0.0358. The van der Waals surface area contributed by atoms with Gasteiger partial charge < -0.3 is 10.0 Å². The molecule has 2 aromatic heterocycles. The van der Waals surface area contributed by atoms with Crippen LogP contribution in [0.5, 0.6) is 0 Å². The molecule has 0 saturated heterocycles. The molecule has 0 aromatic carbocycles. The summed E-state index contributed by atoms with van der Waals surface area (Å²) in [6.45, 7) is 1.53. The number of carboxylic acid groups (broad SMARTS) is 1. The van der Waals surface area contributed by atoms with Crippen LogP contribution in [0, 0.1) is 6.92 Å². The van der Waals surface area contributed by atoms with Crippen LogP contribution in [0.4, 0.5) is 0 Å². The number of hydrogen-bond acceptors (Lipinski definition) is 6. The summed E-state index contributed by atoms with van der Waals surface area (Å²) in [5, 5.41) is 15.4. The number of aromatic nitrogens is 4. The van der Waals surface area contributed by atoms with E-state index in [1.807, 2.05) is 0 Å². The molecule has 3 heterocycles. The summed E-state index contributed by atoms with van der Waals surface area (Å²) >= 11 is 1.16. The lowest BCUT2D eigenvalue weighted by Crippen LogP contribution is -2.51. The summed E-state index contributed by atoms with van der Waals surface area (Å²) in [6, 6.07) is -1.11. The molecule has 2 aromatic rings. The number of aromatic amines is 1. The summed E-state index contributed by atoms with van der Waals surface area (Å²) in [5.41, 5.74) is 1.61. The van der Waals surface area contributed by atoms with E-state index in [0.29, 0.717) is 16.4 Å². The number of carbonyl (C=O) groups is 2. The molecule has 0 aliphatic carbocycles. The van der Waals surface area contributed by atoms with Crippen molar-refractivity contribution in [2.45, 2.75) is 26.1 Å². The molecule has 0 saturated carbocycles. The van der Waals surface area contributed by atoms with Gasteiger partial charge in [0.15, 0.2) is 5.82 Å². The summed E-state index contributed by atoms with van der Waals surface area (Å²) in [7, 11) is 0. The van der Waals surface area contributed by atoms with E-state index in [9.17, 15) is 19.5 Å². The van der Waals surface area contributed by atoms with Crippen LogP contribution < -0.4 is 5.69 Å². The standard InChI is InChI=1S/C11H11N5O4S/c1-5-8(21-4-12-5)9(17)15-3-7-13-14-11(20)16(7)2-6(15)10(18)19/h4,6H,2-3H2,1H3,(H,14,20)(H,18,19). The molecule has 0 radical (unpaired) electrons. The van der Waals surface area contributed by atoms with Crippen molar-refractivity contribution in [3.63, 3.8) is 0 Å². The van der Waals surface area contributed by atoms with E-state index in [0.717, 1.165) is 11.3 Å².